The number of carbonyl (C=O) groups excluding carboxylic acids is 1. The molecule has 21 heavy (non-hydrogen) atoms. The van der Waals surface area contributed by atoms with Gasteiger partial charge < -0.3 is 0 Å². The quantitative estimate of drug-likeness (QED) is 0.514. The third-order valence-corrected chi connectivity index (χ3v) is 4.57. The molecule has 0 fully saturated rings. The smallest absolute Gasteiger partial charge is 0.267 e. The summed E-state index contributed by atoms with van der Waals surface area (Å²) in [5.74, 6) is -0.656. The number of amides is 1. The lowest BCUT2D eigenvalue weighted by Gasteiger charge is -2.04. The summed E-state index contributed by atoms with van der Waals surface area (Å²) in [6.07, 6.45) is 2.60. The van der Waals surface area contributed by atoms with Gasteiger partial charge in [0, 0.05) is 6.08 Å². The van der Waals surface area contributed by atoms with E-state index in [-0.39, 0.29) is 9.79 Å². The van der Waals surface area contributed by atoms with Crippen LogP contribution < -0.4 is 5.48 Å². The molecule has 0 aliphatic rings. The van der Waals surface area contributed by atoms with E-state index < -0.39 is 15.7 Å². The maximum Gasteiger partial charge on any atom is 0.267 e. The molecule has 0 radical (unpaired) electrons. The van der Waals surface area contributed by atoms with Gasteiger partial charge in [0.15, 0.2) is 0 Å². The lowest BCUT2D eigenvalue weighted by atomic mass is 10.2. The van der Waals surface area contributed by atoms with Crippen molar-refractivity contribution < 1.29 is 18.4 Å². The van der Waals surface area contributed by atoms with Crippen LogP contribution in [0.2, 0.25) is 0 Å². The minimum absolute atomic E-state index is 0.178. The van der Waals surface area contributed by atoms with Crippen molar-refractivity contribution in [2.75, 3.05) is 0 Å². The van der Waals surface area contributed by atoms with E-state index in [1.165, 1.54) is 35.8 Å². The van der Waals surface area contributed by atoms with Crippen molar-refractivity contribution in [1.29, 1.82) is 0 Å². The Morgan fingerprint density at radius 3 is 2.10 bits per heavy atom. The average molecular weight is 303 g/mol. The fraction of sp³-hybridized carbons (Fsp3) is 0. The van der Waals surface area contributed by atoms with Crippen molar-refractivity contribution in [1.82, 2.24) is 5.48 Å². The summed E-state index contributed by atoms with van der Waals surface area (Å²) in [7, 11) is -3.54. The molecule has 0 aliphatic heterocycles. The number of nitrogens with one attached hydrogen (secondary N) is 1. The van der Waals surface area contributed by atoms with Crippen molar-refractivity contribution >= 4 is 21.8 Å². The zero-order valence-electron chi connectivity index (χ0n) is 10.9. The number of carbonyl (C=O) groups is 1. The second kappa shape index (κ2) is 6.34. The SMILES string of the molecule is O=C(C=Cc1ccc(S(=O)(=O)c2ccccc2)cc1)NO. The molecule has 0 aromatic heterocycles. The number of benzene rings is 2. The van der Waals surface area contributed by atoms with E-state index in [0.717, 1.165) is 6.08 Å². The zero-order valence-corrected chi connectivity index (χ0v) is 11.7. The van der Waals surface area contributed by atoms with Gasteiger partial charge in [-0.3, -0.25) is 10.0 Å². The fourth-order valence-corrected chi connectivity index (χ4v) is 2.98. The molecule has 6 heteroatoms. The Bertz CT molecular complexity index is 750. The molecule has 0 atom stereocenters. The van der Waals surface area contributed by atoms with Crippen LogP contribution in [0.1, 0.15) is 5.56 Å². The Balaban J connectivity index is 2.27. The normalized spacial score (nSPS) is 11.5. The Morgan fingerprint density at radius 2 is 1.52 bits per heavy atom. The maximum absolute atomic E-state index is 12.3. The highest BCUT2D eigenvalue weighted by Crippen LogP contribution is 2.20. The molecule has 0 unspecified atom stereocenters. The van der Waals surface area contributed by atoms with E-state index >= 15 is 0 Å². The first kappa shape index (κ1) is 15.0. The molecule has 2 aromatic carbocycles. The van der Waals surface area contributed by atoms with Gasteiger partial charge >= 0.3 is 0 Å². The van der Waals surface area contributed by atoms with Crippen LogP contribution in [0.25, 0.3) is 6.08 Å². The molecule has 0 heterocycles. The predicted octanol–water partition coefficient (Wildman–Crippen LogP) is 2.04. The molecule has 5 nitrogen and oxygen atoms in total. The highest BCUT2D eigenvalue weighted by atomic mass is 32.2. The van der Waals surface area contributed by atoms with E-state index in [2.05, 4.69) is 0 Å². The van der Waals surface area contributed by atoms with Gasteiger partial charge in [0.25, 0.3) is 5.91 Å². The zero-order chi connectivity index (χ0) is 15.3. The second-order valence-corrected chi connectivity index (χ2v) is 6.14. The largest absolute Gasteiger partial charge is 0.288 e. The van der Waals surface area contributed by atoms with E-state index in [4.69, 9.17) is 5.21 Å². The molecule has 0 saturated carbocycles. The van der Waals surface area contributed by atoms with E-state index in [1.807, 2.05) is 0 Å². The minimum Gasteiger partial charge on any atom is -0.288 e. The molecule has 0 aliphatic carbocycles. The molecule has 2 rings (SSSR count). The summed E-state index contributed by atoms with van der Waals surface area (Å²) in [6, 6.07) is 14.3. The maximum atomic E-state index is 12.3. The topological polar surface area (TPSA) is 83.5 Å². The molecular formula is C15H13NO4S. The van der Waals surface area contributed by atoms with Crippen LogP contribution in [-0.4, -0.2) is 19.5 Å². The number of rotatable bonds is 4. The van der Waals surface area contributed by atoms with Crippen LogP contribution in [0.15, 0.2) is 70.5 Å². The Kier molecular flexibility index (Phi) is 4.52. The van der Waals surface area contributed by atoms with Crippen LogP contribution in [0.4, 0.5) is 0 Å². The first-order chi connectivity index (χ1) is 10.0. The van der Waals surface area contributed by atoms with Crippen LogP contribution >= 0.6 is 0 Å². The van der Waals surface area contributed by atoms with Gasteiger partial charge in [0.2, 0.25) is 9.84 Å². The Labute approximate surface area is 122 Å². The van der Waals surface area contributed by atoms with E-state index in [1.54, 1.807) is 30.3 Å². The van der Waals surface area contributed by atoms with Gasteiger partial charge in [-0.05, 0) is 35.9 Å². The van der Waals surface area contributed by atoms with Crippen LogP contribution in [0, 0.1) is 0 Å². The van der Waals surface area contributed by atoms with Crippen molar-refractivity contribution in [2.45, 2.75) is 9.79 Å². The number of hydroxylamine groups is 1. The lowest BCUT2D eigenvalue weighted by Crippen LogP contribution is -2.14. The summed E-state index contributed by atoms with van der Waals surface area (Å²) >= 11 is 0. The predicted molar refractivity (Wildman–Crippen MR) is 77.3 cm³/mol. The highest BCUT2D eigenvalue weighted by Gasteiger charge is 2.16. The van der Waals surface area contributed by atoms with Crippen molar-refractivity contribution in [3.05, 3.63) is 66.2 Å². The van der Waals surface area contributed by atoms with Crippen LogP contribution in [-0.2, 0) is 14.6 Å². The monoisotopic (exact) mass is 303 g/mol. The minimum atomic E-state index is -3.54. The summed E-state index contributed by atoms with van der Waals surface area (Å²) in [4.78, 5) is 11.3. The van der Waals surface area contributed by atoms with Gasteiger partial charge in [0.1, 0.15) is 0 Å². The summed E-state index contributed by atoms with van der Waals surface area (Å²) in [5, 5.41) is 8.36. The van der Waals surface area contributed by atoms with Gasteiger partial charge in [0.05, 0.1) is 9.79 Å². The first-order valence-electron chi connectivity index (χ1n) is 6.06. The summed E-state index contributed by atoms with van der Waals surface area (Å²) in [6.45, 7) is 0. The number of sulfone groups is 1. The molecule has 0 bridgehead atoms. The molecule has 0 saturated heterocycles. The molecule has 108 valence electrons. The summed E-state index contributed by atoms with van der Waals surface area (Å²) in [5.41, 5.74) is 2.11. The van der Waals surface area contributed by atoms with Gasteiger partial charge in [-0.1, -0.05) is 30.3 Å². The van der Waals surface area contributed by atoms with Gasteiger partial charge in [-0.25, -0.2) is 13.9 Å². The average Bonchev–Trinajstić information content (AvgIpc) is 2.53. The van der Waals surface area contributed by atoms with E-state index in [0.29, 0.717) is 5.56 Å². The first-order valence-corrected chi connectivity index (χ1v) is 7.55. The van der Waals surface area contributed by atoms with Gasteiger partial charge in [-0.2, -0.15) is 0 Å². The van der Waals surface area contributed by atoms with Crippen LogP contribution in [0.3, 0.4) is 0 Å². The summed E-state index contributed by atoms with van der Waals surface area (Å²) < 4.78 is 24.7. The molecular weight excluding hydrogens is 290 g/mol. The van der Waals surface area contributed by atoms with Crippen molar-refractivity contribution in [3.63, 3.8) is 0 Å². The molecule has 2 N–H and O–H groups in total. The second-order valence-electron chi connectivity index (χ2n) is 4.19. The Hall–Kier alpha value is -2.44. The standard InChI is InChI=1S/C15H13NO4S/c17-15(16-18)11-8-12-6-9-14(10-7-12)21(19,20)13-4-2-1-3-5-13/h1-11,18H,(H,16,17). The van der Waals surface area contributed by atoms with E-state index in [9.17, 15) is 13.2 Å². The third-order valence-electron chi connectivity index (χ3n) is 2.78. The molecule has 2 aromatic rings. The molecule has 0 spiro atoms. The van der Waals surface area contributed by atoms with Crippen LogP contribution in [0.5, 0.6) is 0 Å². The lowest BCUT2D eigenvalue weighted by molar-refractivity contribution is -0.124. The number of hydrogen-bond donors (Lipinski definition) is 2. The Morgan fingerprint density at radius 1 is 0.952 bits per heavy atom. The van der Waals surface area contributed by atoms with Crippen molar-refractivity contribution in [2.24, 2.45) is 0 Å². The highest BCUT2D eigenvalue weighted by molar-refractivity contribution is 7.91. The number of hydrogen-bond acceptors (Lipinski definition) is 4. The molecule has 1 amide bonds. The fourth-order valence-electron chi connectivity index (χ4n) is 1.70. The third kappa shape index (κ3) is 3.56. The van der Waals surface area contributed by atoms with Crippen molar-refractivity contribution in [3.8, 4) is 0 Å². The van der Waals surface area contributed by atoms with Gasteiger partial charge in [-0.15, -0.1) is 0 Å².